The molecule has 1 aliphatic rings. The summed E-state index contributed by atoms with van der Waals surface area (Å²) in [4.78, 5) is 14.1. The molecule has 1 aliphatic heterocycles. The van der Waals surface area contributed by atoms with Crippen LogP contribution in [0.4, 0.5) is 0 Å². The average molecular weight is 248 g/mol. The van der Waals surface area contributed by atoms with Gasteiger partial charge in [0.25, 0.3) is 5.91 Å². The van der Waals surface area contributed by atoms with Gasteiger partial charge in [-0.3, -0.25) is 4.79 Å². The van der Waals surface area contributed by atoms with Gasteiger partial charge in [0, 0.05) is 24.7 Å². The monoisotopic (exact) mass is 248 g/mol. The van der Waals surface area contributed by atoms with Crippen LogP contribution in [0.1, 0.15) is 29.3 Å². The lowest BCUT2D eigenvalue weighted by atomic mass is 10.0. The standard InChI is InChI=1S/C14H20N2O2/c1-9-3-4-11(7-13(9)17)14(18)16-6-5-12(8-16)10(2)15/h3-4,7,10,12,17H,5-6,8,15H2,1-2H3. The van der Waals surface area contributed by atoms with E-state index in [1.165, 1.54) is 6.07 Å². The number of hydrogen-bond acceptors (Lipinski definition) is 3. The number of aryl methyl sites for hydroxylation is 1. The van der Waals surface area contributed by atoms with E-state index in [-0.39, 0.29) is 17.7 Å². The fraction of sp³-hybridized carbons (Fsp3) is 0.500. The Labute approximate surface area is 107 Å². The van der Waals surface area contributed by atoms with Gasteiger partial charge in [-0.25, -0.2) is 0 Å². The second kappa shape index (κ2) is 4.98. The number of rotatable bonds is 2. The highest BCUT2D eigenvalue weighted by molar-refractivity contribution is 5.94. The largest absolute Gasteiger partial charge is 0.508 e. The number of amides is 1. The molecule has 0 spiro atoms. The molecule has 2 atom stereocenters. The fourth-order valence-corrected chi connectivity index (χ4v) is 2.33. The van der Waals surface area contributed by atoms with Crippen molar-refractivity contribution in [3.63, 3.8) is 0 Å². The number of nitrogens with zero attached hydrogens (tertiary/aromatic N) is 1. The van der Waals surface area contributed by atoms with Gasteiger partial charge in [0.2, 0.25) is 0 Å². The van der Waals surface area contributed by atoms with Crippen molar-refractivity contribution in [2.24, 2.45) is 11.7 Å². The van der Waals surface area contributed by atoms with E-state index in [9.17, 15) is 9.90 Å². The van der Waals surface area contributed by atoms with Crippen LogP contribution < -0.4 is 5.73 Å². The van der Waals surface area contributed by atoms with Crippen molar-refractivity contribution in [2.45, 2.75) is 26.3 Å². The van der Waals surface area contributed by atoms with Crippen LogP contribution in [0, 0.1) is 12.8 Å². The third-order valence-corrected chi connectivity index (χ3v) is 3.71. The number of phenols is 1. The van der Waals surface area contributed by atoms with Crippen molar-refractivity contribution in [1.82, 2.24) is 4.90 Å². The van der Waals surface area contributed by atoms with Crippen molar-refractivity contribution in [1.29, 1.82) is 0 Å². The molecule has 1 aromatic rings. The van der Waals surface area contributed by atoms with E-state index < -0.39 is 0 Å². The van der Waals surface area contributed by atoms with E-state index in [0.29, 0.717) is 18.0 Å². The van der Waals surface area contributed by atoms with Gasteiger partial charge in [0.1, 0.15) is 5.75 Å². The molecular formula is C14H20N2O2. The predicted octanol–water partition coefficient (Wildman–Crippen LogP) is 1.51. The third-order valence-electron chi connectivity index (χ3n) is 3.71. The van der Waals surface area contributed by atoms with Gasteiger partial charge in [-0.2, -0.15) is 0 Å². The van der Waals surface area contributed by atoms with E-state index in [1.807, 2.05) is 18.7 Å². The molecule has 98 valence electrons. The van der Waals surface area contributed by atoms with Crippen molar-refractivity contribution in [3.05, 3.63) is 29.3 Å². The van der Waals surface area contributed by atoms with E-state index in [1.54, 1.807) is 12.1 Å². The van der Waals surface area contributed by atoms with Gasteiger partial charge in [-0.05, 0) is 43.9 Å². The summed E-state index contributed by atoms with van der Waals surface area (Å²) in [5.41, 5.74) is 7.19. The zero-order valence-corrected chi connectivity index (χ0v) is 10.9. The number of likely N-dealkylation sites (tertiary alicyclic amines) is 1. The molecule has 1 aromatic carbocycles. The van der Waals surface area contributed by atoms with Gasteiger partial charge in [0.15, 0.2) is 0 Å². The Bertz CT molecular complexity index is 457. The SMILES string of the molecule is Cc1ccc(C(=O)N2CCC(C(C)N)C2)cc1O. The van der Waals surface area contributed by atoms with Gasteiger partial charge in [0.05, 0.1) is 0 Å². The summed E-state index contributed by atoms with van der Waals surface area (Å²) in [7, 11) is 0. The Hall–Kier alpha value is -1.55. The normalized spacial score (nSPS) is 21.1. The molecule has 0 aromatic heterocycles. The minimum atomic E-state index is -0.0200. The molecule has 1 heterocycles. The number of aromatic hydroxyl groups is 1. The Morgan fingerprint density at radius 3 is 2.83 bits per heavy atom. The van der Waals surface area contributed by atoms with E-state index in [0.717, 1.165) is 18.5 Å². The van der Waals surface area contributed by atoms with E-state index in [2.05, 4.69) is 0 Å². The van der Waals surface area contributed by atoms with Crippen LogP contribution in [-0.4, -0.2) is 35.0 Å². The molecule has 1 amide bonds. The van der Waals surface area contributed by atoms with Crippen LogP contribution in [0.2, 0.25) is 0 Å². The maximum Gasteiger partial charge on any atom is 0.253 e. The van der Waals surface area contributed by atoms with Gasteiger partial charge < -0.3 is 15.7 Å². The lowest BCUT2D eigenvalue weighted by Gasteiger charge is -2.18. The quantitative estimate of drug-likeness (QED) is 0.833. The molecule has 4 nitrogen and oxygen atoms in total. The van der Waals surface area contributed by atoms with Crippen molar-refractivity contribution in [2.75, 3.05) is 13.1 Å². The van der Waals surface area contributed by atoms with Crippen LogP contribution in [0.25, 0.3) is 0 Å². The van der Waals surface area contributed by atoms with Crippen LogP contribution in [-0.2, 0) is 0 Å². The molecule has 4 heteroatoms. The van der Waals surface area contributed by atoms with E-state index in [4.69, 9.17) is 5.73 Å². The molecule has 0 aliphatic carbocycles. The highest BCUT2D eigenvalue weighted by Crippen LogP contribution is 2.23. The molecule has 1 saturated heterocycles. The zero-order chi connectivity index (χ0) is 13.3. The molecule has 2 unspecified atom stereocenters. The summed E-state index contributed by atoms with van der Waals surface area (Å²) in [5, 5.41) is 9.64. The molecule has 0 radical (unpaired) electrons. The summed E-state index contributed by atoms with van der Waals surface area (Å²) in [6, 6.07) is 5.18. The maximum absolute atomic E-state index is 12.3. The van der Waals surface area contributed by atoms with Crippen LogP contribution in [0.15, 0.2) is 18.2 Å². The smallest absolute Gasteiger partial charge is 0.253 e. The third kappa shape index (κ3) is 2.48. The second-order valence-electron chi connectivity index (χ2n) is 5.16. The minimum absolute atomic E-state index is 0.0200. The Kier molecular flexibility index (Phi) is 3.57. The maximum atomic E-state index is 12.3. The van der Waals surface area contributed by atoms with Crippen molar-refractivity contribution < 1.29 is 9.90 Å². The zero-order valence-electron chi connectivity index (χ0n) is 10.9. The van der Waals surface area contributed by atoms with Crippen LogP contribution in [0.3, 0.4) is 0 Å². The summed E-state index contributed by atoms with van der Waals surface area (Å²) in [6.45, 7) is 5.26. The number of phenolic OH excluding ortho intramolecular Hbond substituents is 1. The summed E-state index contributed by atoms with van der Waals surface area (Å²) in [5.74, 6) is 0.533. The second-order valence-corrected chi connectivity index (χ2v) is 5.16. The molecular weight excluding hydrogens is 228 g/mol. The average Bonchev–Trinajstić information content (AvgIpc) is 2.81. The minimum Gasteiger partial charge on any atom is -0.508 e. The molecule has 0 saturated carbocycles. The van der Waals surface area contributed by atoms with Crippen LogP contribution >= 0.6 is 0 Å². The lowest BCUT2D eigenvalue weighted by Crippen LogP contribution is -2.32. The number of hydrogen-bond donors (Lipinski definition) is 2. The molecule has 18 heavy (non-hydrogen) atoms. The van der Waals surface area contributed by atoms with Crippen molar-refractivity contribution >= 4 is 5.91 Å². The number of benzene rings is 1. The van der Waals surface area contributed by atoms with Crippen molar-refractivity contribution in [3.8, 4) is 5.75 Å². The van der Waals surface area contributed by atoms with Gasteiger partial charge >= 0.3 is 0 Å². The number of carbonyl (C=O) groups is 1. The fourth-order valence-electron chi connectivity index (χ4n) is 2.33. The van der Waals surface area contributed by atoms with E-state index >= 15 is 0 Å². The Morgan fingerprint density at radius 1 is 1.56 bits per heavy atom. The highest BCUT2D eigenvalue weighted by Gasteiger charge is 2.29. The summed E-state index contributed by atoms with van der Waals surface area (Å²) < 4.78 is 0. The number of nitrogens with two attached hydrogens (primary N) is 1. The first-order chi connectivity index (χ1) is 8.49. The first-order valence-electron chi connectivity index (χ1n) is 6.33. The first kappa shape index (κ1) is 12.9. The topological polar surface area (TPSA) is 66.6 Å². The summed E-state index contributed by atoms with van der Waals surface area (Å²) in [6.07, 6.45) is 0.960. The number of carbonyl (C=O) groups excluding carboxylic acids is 1. The van der Waals surface area contributed by atoms with Gasteiger partial charge in [-0.15, -0.1) is 0 Å². The molecule has 3 N–H and O–H groups in total. The predicted molar refractivity (Wildman–Crippen MR) is 70.5 cm³/mol. The van der Waals surface area contributed by atoms with Crippen LogP contribution in [0.5, 0.6) is 5.75 Å². The molecule has 1 fully saturated rings. The first-order valence-corrected chi connectivity index (χ1v) is 6.33. The summed E-state index contributed by atoms with van der Waals surface area (Å²) >= 11 is 0. The Morgan fingerprint density at radius 2 is 2.28 bits per heavy atom. The highest BCUT2D eigenvalue weighted by atomic mass is 16.3. The molecule has 0 bridgehead atoms. The molecule has 2 rings (SSSR count). The lowest BCUT2D eigenvalue weighted by molar-refractivity contribution is 0.0785. The Balaban J connectivity index is 2.10. The van der Waals surface area contributed by atoms with Gasteiger partial charge in [-0.1, -0.05) is 6.07 Å².